The molecule has 0 spiro atoms. The average Bonchev–Trinajstić information content (AvgIpc) is 2.75. The summed E-state index contributed by atoms with van der Waals surface area (Å²) >= 11 is 6.43. The summed E-state index contributed by atoms with van der Waals surface area (Å²) in [5.74, 6) is 2.25. The molecule has 2 aromatic rings. The molecule has 2 fully saturated rings. The molecule has 0 radical (unpaired) electrons. The number of hydrogen-bond acceptors (Lipinski definition) is 6. The summed E-state index contributed by atoms with van der Waals surface area (Å²) < 4.78 is 5.43. The van der Waals surface area contributed by atoms with Crippen LogP contribution in [-0.2, 0) is 4.74 Å². The fourth-order valence-corrected chi connectivity index (χ4v) is 4.15. The minimum absolute atomic E-state index is 0.494. The summed E-state index contributed by atoms with van der Waals surface area (Å²) in [6.07, 6.45) is 13.7. The van der Waals surface area contributed by atoms with Crippen LogP contribution in [0.4, 0.5) is 11.6 Å². The van der Waals surface area contributed by atoms with Gasteiger partial charge in [-0.2, -0.15) is 0 Å². The second-order valence-corrected chi connectivity index (χ2v) is 8.16. The van der Waals surface area contributed by atoms with Gasteiger partial charge in [-0.05, 0) is 37.7 Å². The zero-order chi connectivity index (χ0) is 19.2. The SMILES string of the molecule is Clc1cnc(NC2CCCCC2)cc1-c1cncc(NCC2CCOCC2)n1. The molecule has 1 aliphatic heterocycles. The molecule has 4 rings (SSSR count). The summed E-state index contributed by atoms with van der Waals surface area (Å²) in [7, 11) is 0. The minimum Gasteiger partial charge on any atom is -0.381 e. The Balaban J connectivity index is 1.45. The summed E-state index contributed by atoms with van der Waals surface area (Å²) in [4.78, 5) is 13.6. The Bertz CT molecular complexity index is 775. The second kappa shape index (κ2) is 9.52. The first-order chi connectivity index (χ1) is 13.8. The lowest BCUT2D eigenvalue weighted by Gasteiger charge is -2.23. The van der Waals surface area contributed by atoms with Crippen molar-refractivity contribution < 1.29 is 4.74 Å². The second-order valence-electron chi connectivity index (χ2n) is 7.75. The Morgan fingerprint density at radius 2 is 1.82 bits per heavy atom. The van der Waals surface area contributed by atoms with E-state index in [4.69, 9.17) is 21.3 Å². The zero-order valence-corrected chi connectivity index (χ0v) is 16.9. The lowest BCUT2D eigenvalue weighted by Crippen LogP contribution is -2.23. The van der Waals surface area contributed by atoms with E-state index in [1.54, 1.807) is 18.6 Å². The van der Waals surface area contributed by atoms with E-state index in [0.29, 0.717) is 17.0 Å². The number of rotatable bonds is 6. The normalized spacial score (nSPS) is 18.8. The molecule has 0 amide bonds. The third-order valence-electron chi connectivity index (χ3n) is 5.64. The van der Waals surface area contributed by atoms with Crippen LogP contribution in [0.2, 0.25) is 5.02 Å². The predicted octanol–water partition coefficient (Wildman–Crippen LogP) is 4.78. The highest BCUT2D eigenvalue weighted by Gasteiger charge is 2.16. The number of halogens is 1. The van der Waals surface area contributed by atoms with Crippen LogP contribution in [0.1, 0.15) is 44.9 Å². The van der Waals surface area contributed by atoms with E-state index in [1.807, 2.05) is 6.07 Å². The Morgan fingerprint density at radius 1 is 1.00 bits per heavy atom. The average molecular weight is 402 g/mol. The first-order valence-electron chi connectivity index (χ1n) is 10.3. The van der Waals surface area contributed by atoms with Crippen LogP contribution in [0.3, 0.4) is 0 Å². The molecule has 2 aliphatic rings. The smallest absolute Gasteiger partial charge is 0.145 e. The Morgan fingerprint density at radius 3 is 2.64 bits per heavy atom. The number of ether oxygens (including phenoxy) is 1. The molecule has 0 aromatic carbocycles. The van der Waals surface area contributed by atoms with Gasteiger partial charge in [0.15, 0.2) is 0 Å². The van der Waals surface area contributed by atoms with Crippen LogP contribution in [0.15, 0.2) is 24.7 Å². The van der Waals surface area contributed by atoms with Gasteiger partial charge in [-0.3, -0.25) is 4.98 Å². The largest absolute Gasteiger partial charge is 0.381 e. The van der Waals surface area contributed by atoms with Crippen LogP contribution in [0.5, 0.6) is 0 Å². The third kappa shape index (κ3) is 5.11. The van der Waals surface area contributed by atoms with Crippen LogP contribution in [0.25, 0.3) is 11.3 Å². The zero-order valence-electron chi connectivity index (χ0n) is 16.2. The highest BCUT2D eigenvalue weighted by atomic mass is 35.5. The van der Waals surface area contributed by atoms with E-state index in [9.17, 15) is 0 Å². The lowest BCUT2D eigenvalue weighted by molar-refractivity contribution is 0.0699. The van der Waals surface area contributed by atoms with Gasteiger partial charge in [0.25, 0.3) is 0 Å². The van der Waals surface area contributed by atoms with Gasteiger partial charge >= 0.3 is 0 Å². The van der Waals surface area contributed by atoms with Crippen LogP contribution in [-0.4, -0.2) is 40.8 Å². The van der Waals surface area contributed by atoms with Crippen molar-refractivity contribution in [2.24, 2.45) is 5.92 Å². The van der Waals surface area contributed by atoms with Gasteiger partial charge in [-0.1, -0.05) is 30.9 Å². The molecular formula is C21H28ClN5O. The quantitative estimate of drug-likeness (QED) is 0.726. The molecule has 2 N–H and O–H groups in total. The van der Waals surface area contributed by atoms with Gasteiger partial charge in [0.2, 0.25) is 0 Å². The number of hydrogen-bond donors (Lipinski definition) is 2. The first-order valence-corrected chi connectivity index (χ1v) is 10.7. The van der Waals surface area contributed by atoms with E-state index in [0.717, 1.165) is 55.5 Å². The third-order valence-corrected chi connectivity index (χ3v) is 5.94. The number of aromatic nitrogens is 3. The van der Waals surface area contributed by atoms with Crippen molar-refractivity contribution in [3.8, 4) is 11.3 Å². The van der Waals surface area contributed by atoms with E-state index >= 15 is 0 Å². The van der Waals surface area contributed by atoms with Gasteiger partial charge in [0.1, 0.15) is 11.6 Å². The molecule has 1 saturated carbocycles. The Hall–Kier alpha value is -1.92. The summed E-state index contributed by atoms with van der Waals surface area (Å²) in [5, 5.41) is 7.56. The molecule has 0 atom stereocenters. The summed E-state index contributed by atoms with van der Waals surface area (Å²) in [6, 6.07) is 2.48. The highest BCUT2D eigenvalue weighted by molar-refractivity contribution is 6.33. The maximum Gasteiger partial charge on any atom is 0.145 e. The summed E-state index contributed by atoms with van der Waals surface area (Å²) in [6.45, 7) is 2.59. The molecule has 28 heavy (non-hydrogen) atoms. The van der Waals surface area contributed by atoms with E-state index < -0.39 is 0 Å². The van der Waals surface area contributed by atoms with Crippen molar-refractivity contribution in [2.45, 2.75) is 51.0 Å². The number of pyridine rings is 1. The van der Waals surface area contributed by atoms with Crippen molar-refractivity contribution in [2.75, 3.05) is 30.4 Å². The van der Waals surface area contributed by atoms with Gasteiger partial charge in [0.05, 0.1) is 23.1 Å². The molecule has 3 heterocycles. The topological polar surface area (TPSA) is 72.0 Å². The standard InChI is InChI=1S/C21H28ClN5O/c22-18-12-25-20(26-16-4-2-1-3-5-16)10-17(18)19-13-23-14-21(27-19)24-11-15-6-8-28-9-7-15/h10,12-16H,1-9,11H2,(H,24,27)(H,25,26). The lowest BCUT2D eigenvalue weighted by atomic mass is 9.95. The van der Waals surface area contributed by atoms with Gasteiger partial charge in [-0.15, -0.1) is 0 Å². The molecule has 1 saturated heterocycles. The van der Waals surface area contributed by atoms with Gasteiger partial charge < -0.3 is 15.4 Å². The number of nitrogens with one attached hydrogen (secondary N) is 2. The van der Waals surface area contributed by atoms with Crippen LogP contribution >= 0.6 is 11.6 Å². The van der Waals surface area contributed by atoms with E-state index in [-0.39, 0.29) is 0 Å². The molecular weight excluding hydrogens is 374 g/mol. The maximum atomic E-state index is 6.43. The molecule has 6 nitrogen and oxygen atoms in total. The fourth-order valence-electron chi connectivity index (χ4n) is 3.95. The highest BCUT2D eigenvalue weighted by Crippen LogP contribution is 2.29. The van der Waals surface area contributed by atoms with Crippen molar-refractivity contribution in [3.05, 3.63) is 29.7 Å². The molecule has 2 aromatic heterocycles. The van der Waals surface area contributed by atoms with Crippen LogP contribution in [0, 0.1) is 5.92 Å². The van der Waals surface area contributed by atoms with E-state index in [1.165, 1.54) is 32.1 Å². The van der Waals surface area contributed by atoms with Crippen molar-refractivity contribution in [3.63, 3.8) is 0 Å². The van der Waals surface area contributed by atoms with Gasteiger partial charge in [0, 0.05) is 37.6 Å². The predicted molar refractivity (Wildman–Crippen MR) is 113 cm³/mol. The molecule has 150 valence electrons. The molecule has 0 bridgehead atoms. The Labute approximate surface area is 171 Å². The molecule has 1 aliphatic carbocycles. The van der Waals surface area contributed by atoms with Crippen molar-refractivity contribution >= 4 is 23.2 Å². The monoisotopic (exact) mass is 401 g/mol. The maximum absolute atomic E-state index is 6.43. The van der Waals surface area contributed by atoms with Crippen molar-refractivity contribution in [1.82, 2.24) is 15.0 Å². The fraction of sp³-hybridized carbons (Fsp3) is 0.571. The van der Waals surface area contributed by atoms with Crippen LogP contribution < -0.4 is 10.6 Å². The number of anilines is 2. The molecule has 7 heteroatoms. The minimum atomic E-state index is 0.494. The Kier molecular flexibility index (Phi) is 6.60. The van der Waals surface area contributed by atoms with Crippen molar-refractivity contribution in [1.29, 1.82) is 0 Å². The molecule has 0 unspecified atom stereocenters. The number of nitrogens with zero attached hydrogens (tertiary/aromatic N) is 3. The van der Waals surface area contributed by atoms with E-state index in [2.05, 4.69) is 20.6 Å². The first kappa shape index (κ1) is 19.4. The van der Waals surface area contributed by atoms with Gasteiger partial charge in [-0.25, -0.2) is 9.97 Å². The summed E-state index contributed by atoms with van der Waals surface area (Å²) in [5.41, 5.74) is 1.62.